The molecular weight excluding hydrogens is 140 g/mol. The van der Waals surface area contributed by atoms with Crippen LogP contribution in [0.25, 0.3) is 0 Å². The highest BCUT2D eigenvalue weighted by atomic mass is 16.4. The number of carbonyl (C=O) groups is 3. The van der Waals surface area contributed by atoms with Gasteiger partial charge in [-0.1, -0.05) is 0 Å². The van der Waals surface area contributed by atoms with Crippen LogP contribution in [0.4, 0.5) is 0 Å². The summed E-state index contributed by atoms with van der Waals surface area (Å²) in [7, 11) is 0. The van der Waals surface area contributed by atoms with Gasteiger partial charge in [-0.05, 0) is 0 Å². The zero-order valence-corrected chi connectivity index (χ0v) is 4.77. The molecule has 0 amide bonds. The van der Waals surface area contributed by atoms with Crippen LogP contribution in [0.3, 0.4) is 0 Å². The van der Waals surface area contributed by atoms with Crippen LogP contribution in [0.5, 0.6) is 0 Å². The summed E-state index contributed by atoms with van der Waals surface area (Å²) in [6.07, 6.45) is 0.297. The summed E-state index contributed by atoms with van der Waals surface area (Å²) in [5, 5.41) is 16.0. The summed E-state index contributed by atoms with van der Waals surface area (Å²) in [5.41, 5.74) is -0.771. The fraction of sp³-hybridized carbons (Fsp3) is 0. The van der Waals surface area contributed by atoms with Gasteiger partial charge in [-0.25, -0.2) is 9.59 Å². The van der Waals surface area contributed by atoms with Crippen LogP contribution < -0.4 is 0 Å². The maximum absolute atomic E-state index is 9.90. The standard InChI is InChI=1S/C5H4O5/c6-2-3(5(9)10)1-4(7)8/h1-2H,(H,7,8)(H,9,10). The molecule has 0 atom stereocenters. The molecule has 0 bridgehead atoms. The van der Waals surface area contributed by atoms with Crippen LogP contribution in [-0.4, -0.2) is 28.4 Å². The van der Waals surface area contributed by atoms with Gasteiger partial charge in [-0.15, -0.1) is 0 Å². The molecule has 0 saturated heterocycles. The predicted molar refractivity (Wildman–Crippen MR) is 29.4 cm³/mol. The molecule has 0 aliphatic carbocycles. The first-order chi connectivity index (χ1) is 4.57. The molecule has 0 aliphatic heterocycles. The van der Waals surface area contributed by atoms with Gasteiger partial charge in [0.25, 0.3) is 0 Å². The zero-order chi connectivity index (χ0) is 8.15. The summed E-state index contributed by atoms with van der Waals surface area (Å²) in [6, 6.07) is 0. The van der Waals surface area contributed by atoms with Crippen molar-refractivity contribution >= 4 is 18.2 Å². The van der Waals surface area contributed by atoms with E-state index in [-0.39, 0.29) is 6.29 Å². The van der Waals surface area contributed by atoms with Crippen LogP contribution >= 0.6 is 0 Å². The number of hydrogen-bond donors (Lipinski definition) is 2. The summed E-state index contributed by atoms with van der Waals surface area (Å²) < 4.78 is 0. The predicted octanol–water partition coefficient (Wildman–Crippen LogP) is -0.719. The Kier molecular flexibility index (Phi) is 2.83. The third-order valence-electron chi connectivity index (χ3n) is 0.653. The largest absolute Gasteiger partial charge is 0.478 e. The number of aliphatic carboxylic acids is 2. The Morgan fingerprint density at radius 2 is 1.70 bits per heavy atom. The molecule has 0 aromatic carbocycles. The van der Waals surface area contributed by atoms with Crippen molar-refractivity contribution in [2.75, 3.05) is 0 Å². The van der Waals surface area contributed by atoms with Crippen LogP contribution in [0.2, 0.25) is 0 Å². The van der Waals surface area contributed by atoms with Crippen molar-refractivity contribution in [3.8, 4) is 0 Å². The lowest BCUT2D eigenvalue weighted by molar-refractivity contribution is -0.135. The van der Waals surface area contributed by atoms with E-state index in [1.165, 1.54) is 0 Å². The number of carboxylic acid groups (broad SMARTS) is 2. The van der Waals surface area contributed by atoms with E-state index in [4.69, 9.17) is 10.2 Å². The molecule has 0 spiro atoms. The minimum absolute atomic E-state index is 0.0313. The first kappa shape index (κ1) is 8.35. The summed E-state index contributed by atoms with van der Waals surface area (Å²) in [6.45, 7) is 0. The van der Waals surface area contributed by atoms with Crippen molar-refractivity contribution in [3.05, 3.63) is 11.6 Å². The maximum atomic E-state index is 9.90. The fourth-order valence-electron chi connectivity index (χ4n) is 0.279. The molecule has 54 valence electrons. The van der Waals surface area contributed by atoms with Gasteiger partial charge in [0.15, 0.2) is 6.29 Å². The SMILES string of the molecule is O=CC(=CC(=O)O)C(=O)O. The van der Waals surface area contributed by atoms with Gasteiger partial charge in [-0.2, -0.15) is 0 Å². The van der Waals surface area contributed by atoms with E-state index in [1.807, 2.05) is 0 Å². The molecule has 0 unspecified atom stereocenters. The van der Waals surface area contributed by atoms with E-state index >= 15 is 0 Å². The Hall–Kier alpha value is -1.65. The lowest BCUT2D eigenvalue weighted by Crippen LogP contribution is -2.04. The highest BCUT2D eigenvalue weighted by Gasteiger charge is 2.06. The average molecular weight is 144 g/mol. The minimum atomic E-state index is -1.54. The van der Waals surface area contributed by atoms with Crippen LogP contribution in [0, 0.1) is 0 Å². The van der Waals surface area contributed by atoms with Crippen molar-refractivity contribution in [2.24, 2.45) is 0 Å². The molecule has 5 heteroatoms. The second kappa shape index (κ2) is 3.39. The zero-order valence-electron chi connectivity index (χ0n) is 4.77. The number of carboxylic acids is 2. The van der Waals surface area contributed by atoms with Gasteiger partial charge in [0.2, 0.25) is 0 Å². The Morgan fingerprint density at radius 1 is 1.20 bits per heavy atom. The van der Waals surface area contributed by atoms with Crippen molar-refractivity contribution in [3.63, 3.8) is 0 Å². The molecular formula is C5H4O5. The van der Waals surface area contributed by atoms with E-state index in [2.05, 4.69) is 0 Å². The average Bonchev–Trinajstić information content (AvgIpc) is 1.81. The van der Waals surface area contributed by atoms with Gasteiger partial charge in [0.1, 0.15) is 5.57 Å². The van der Waals surface area contributed by atoms with Crippen molar-refractivity contribution in [1.29, 1.82) is 0 Å². The van der Waals surface area contributed by atoms with E-state index in [1.54, 1.807) is 0 Å². The number of aldehydes is 1. The van der Waals surface area contributed by atoms with E-state index in [0.29, 0.717) is 6.08 Å². The second-order valence-corrected chi connectivity index (χ2v) is 1.36. The van der Waals surface area contributed by atoms with Crippen LogP contribution in [0.1, 0.15) is 0 Å². The smallest absolute Gasteiger partial charge is 0.339 e. The lowest BCUT2D eigenvalue weighted by atomic mass is 10.3. The topological polar surface area (TPSA) is 91.7 Å². The number of carbonyl (C=O) groups excluding carboxylic acids is 1. The number of rotatable bonds is 3. The highest BCUT2D eigenvalue weighted by molar-refractivity contribution is 6.10. The Morgan fingerprint density at radius 3 is 1.80 bits per heavy atom. The minimum Gasteiger partial charge on any atom is -0.478 e. The Bertz CT molecular complexity index is 202. The molecule has 0 aromatic rings. The first-order valence-electron chi connectivity index (χ1n) is 2.21. The van der Waals surface area contributed by atoms with Gasteiger partial charge in [-0.3, -0.25) is 4.79 Å². The molecule has 0 heterocycles. The molecule has 5 nitrogen and oxygen atoms in total. The molecule has 2 N–H and O–H groups in total. The molecule has 10 heavy (non-hydrogen) atoms. The van der Waals surface area contributed by atoms with Crippen molar-refractivity contribution in [2.45, 2.75) is 0 Å². The molecule has 0 saturated carbocycles. The third kappa shape index (κ3) is 2.61. The quantitative estimate of drug-likeness (QED) is 0.236. The summed E-state index contributed by atoms with van der Waals surface area (Å²) >= 11 is 0. The third-order valence-corrected chi connectivity index (χ3v) is 0.653. The lowest BCUT2D eigenvalue weighted by Gasteiger charge is -1.85. The van der Waals surface area contributed by atoms with Gasteiger partial charge < -0.3 is 10.2 Å². The maximum Gasteiger partial charge on any atom is 0.339 e. The molecule has 0 aromatic heterocycles. The van der Waals surface area contributed by atoms with Crippen molar-refractivity contribution < 1.29 is 24.6 Å². The van der Waals surface area contributed by atoms with Crippen LogP contribution in [0.15, 0.2) is 11.6 Å². The van der Waals surface area contributed by atoms with Crippen LogP contribution in [-0.2, 0) is 14.4 Å². The molecule has 0 radical (unpaired) electrons. The summed E-state index contributed by atoms with van der Waals surface area (Å²) in [5.74, 6) is -3.00. The molecule has 0 fully saturated rings. The molecule has 0 rings (SSSR count). The summed E-state index contributed by atoms with van der Waals surface area (Å²) in [4.78, 5) is 29.4. The van der Waals surface area contributed by atoms with Crippen molar-refractivity contribution in [1.82, 2.24) is 0 Å². The van der Waals surface area contributed by atoms with Gasteiger partial charge in [0, 0.05) is 6.08 Å². The second-order valence-electron chi connectivity index (χ2n) is 1.36. The first-order valence-corrected chi connectivity index (χ1v) is 2.21. The van der Waals surface area contributed by atoms with E-state index in [0.717, 1.165) is 0 Å². The fourth-order valence-corrected chi connectivity index (χ4v) is 0.279. The Labute approximate surface area is 55.6 Å². The van der Waals surface area contributed by atoms with E-state index < -0.39 is 17.5 Å². The van der Waals surface area contributed by atoms with Gasteiger partial charge in [0.05, 0.1) is 0 Å². The number of hydrogen-bond acceptors (Lipinski definition) is 3. The van der Waals surface area contributed by atoms with Gasteiger partial charge >= 0.3 is 11.9 Å². The normalized spacial score (nSPS) is 10.6. The molecule has 0 aliphatic rings. The highest BCUT2D eigenvalue weighted by Crippen LogP contribution is 1.87. The Balaban J connectivity index is 4.49. The monoisotopic (exact) mass is 144 g/mol. The van der Waals surface area contributed by atoms with E-state index in [9.17, 15) is 14.4 Å².